The van der Waals surface area contributed by atoms with Crippen LogP contribution < -0.4 is 18.9 Å². The lowest BCUT2D eigenvalue weighted by Gasteiger charge is -2.31. The fourth-order valence-corrected chi connectivity index (χ4v) is 8.64. The Morgan fingerprint density at radius 3 is 1.12 bits per heavy atom. The summed E-state index contributed by atoms with van der Waals surface area (Å²) >= 11 is 0. The molecular formula is C50H40N2O4. The van der Waals surface area contributed by atoms with Gasteiger partial charge in [0.2, 0.25) is 0 Å². The second kappa shape index (κ2) is 14.0. The summed E-state index contributed by atoms with van der Waals surface area (Å²) in [5, 5.41) is 20.5. The Morgan fingerprint density at radius 1 is 0.482 bits per heavy atom. The van der Waals surface area contributed by atoms with Gasteiger partial charge in [-0.2, -0.15) is 10.5 Å². The van der Waals surface area contributed by atoms with Crippen molar-refractivity contribution in [1.82, 2.24) is 0 Å². The van der Waals surface area contributed by atoms with Crippen LogP contribution in [-0.2, 0) is 10.8 Å². The van der Waals surface area contributed by atoms with Crippen LogP contribution in [0.15, 0.2) is 134 Å². The third kappa shape index (κ3) is 6.16. The fourth-order valence-electron chi connectivity index (χ4n) is 8.64. The van der Waals surface area contributed by atoms with Gasteiger partial charge < -0.3 is 18.9 Å². The van der Waals surface area contributed by atoms with E-state index in [4.69, 9.17) is 18.9 Å². The summed E-state index contributed by atoms with van der Waals surface area (Å²) in [7, 11) is 0. The molecule has 0 saturated heterocycles. The van der Waals surface area contributed by atoms with Crippen molar-refractivity contribution in [3.05, 3.63) is 179 Å². The fraction of sp³-hybridized carbons (Fsp3) is 0.160. The quantitative estimate of drug-likeness (QED) is 0.139. The van der Waals surface area contributed by atoms with Gasteiger partial charge in [-0.1, -0.05) is 102 Å². The minimum Gasteiger partial charge on any atom is -0.456 e. The average molecular weight is 733 g/mol. The molecule has 0 amide bonds. The number of nitrogens with zero attached hydrogens (tertiary/aromatic N) is 2. The second-order valence-corrected chi connectivity index (χ2v) is 15.3. The van der Waals surface area contributed by atoms with Gasteiger partial charge in [-0.25, -0.2) is 0 Å². The van der Waals surface area contributed by atoms with E-state index in [0.29, 0.717) is 57.1 Å². The third-order valence-electron chi connectivity index (χ3n) is 11.3. The van der Waals surface area contributed by atoms with Crippen LogP contribution >= 0.6 is 0 Å². The van der Waals surface area contributed by atoms with Gasteiger partial charge in [0, 0.05) is 11.8 Å². The van der Waals surface area contributed by atoms with Gasteiger partial charge >= 0.3 is 0 Å². The van der Waals surface area contributed by atoms with E-state index in [1.165, 1.54) is 22.3 Å². The Bertz CT molecular complexity index is 2420. The molecule has 0 fully saturated rings. The zero-order valence-corrected chi connectivity index (χ0v) is 31.8. The molecular weight excluding hydrogens is 693 g/mol. The maximum absolute atomic E-state index is 10.2. The molecule has 0 heterocycles. The molecule has 6 heteroatoms. The van der Waals surface area contributed by atoms with E-state index in [0.717, 1.165) is 11.1 Å². The predicted molar refractivity (Wildman–Crippen MR) is 220 cm³/mol. The molecule has 2 aliphatic rings. The Labute approximate surface area is 328 Å². The van der Waals surface area contributed by atoms with Crippen LogP contribution in [0.25, 0.3) is 12.2 Å². The summed E-state index contributed by atoms with van der Waals surface area (Å²) in [6.07, 6.45) is 3.54. The highest BCUT2D eigenvalue weighted by atomic mass is 16.5. The Morgan fingerprint density at radius 2 is 0.804 bits per heavy atom. The Balaban J connectivity index is 1.08. The molecule has 0 bridgehead atoms. The number of ether oxygens (including phenoxy) is 4. The Kier molecular flexibility index (Phi) is 8.99. The number of rotatable bonds is 10. The van der Waals surface area contributed by atoms with Gasteiger partial charge in [0.15, 0.2) is 0 Å². The zero-order chi connectivity index (χ0) is 39.2. The monoisotopic (exact) mass is 732 g/mol. The molecule has 6 aromatic rings. The number of fused-ring (bicyclic) bond motifs is 5. The summed E-state index contributed by atoms with van der Waals surface area (Å²) in [6, 6.07) is 43.0. The lowest BCUT2D eigenvalue weighted by Crippen LogP contribution is -2.25. The van der Waals surface area contributed by atoms with E-state index in [-0.39, 0.29) is 22.7 Å². The highest BCUT2D eigenvalue weighted by Crippen LogP contribution is 2.67. The van der Waals surface area contributed by atoms with Crippen molar-refractivity contribution < 1.29 is 18.9 Å². The molecule has 2 atom stereocenters. The molecule has 274 valence electrons. The van der Waals surface area contributed by atoms with Crippen LogP contribution in [0.2, 0.25) is 0 Å². The van der Waals surface area contributed by atoms with Crippen molar-refractivity contribution in [3.8, 4) is 58.1 Å². The SMILES string of the molecule is C=Cc1ccc(Oc2cccc(Oc3ccc4c(c3)C3C(c5cc(Oc6cccc(Oc7ccc(C=C)cc7)c6C#N)ccc5C3(C)C)C4(C)C)c2C#N)cc1. The van der Waals surface area contributed by atoms with Crippen LogP contribution in [-0.4, -0.2) is 0 Å². The molecule has 0 aliphatic heterocycles. The highest BCUT2D eigenvalue weighted by Gasteiger charge is 2.58. The number of benzene rings is 6. The number of hydrogen-bond donors (Lipinski definition) is 0. The van der Waals surface area contributed by atoms with E-state index in [1.54, 1.807) is 36.4 Å². The van der Waals surface area contributed by atoms with Crippen LogP contribution in [0, 0.1) is 22.7 Å². The zero-order valence-electron chi connectivity index (χ0n) is 31.8. The van der Waals surface area contributed by atoms with Crippen molar-refractivity contribution in [2.75, 3.05) is 0 Å². The standard InChI is InChI=1S/C50H40N2O4/c1-7-31-15-19-33(20-16-31)53-43-11-9-13-45(39(43)29-51)55-35-23-25-41-37(27-35)47-48(49(41,3)4)38-28-36(24-26-42(38)50(47,5)6)56-46-14-10-12-44(40(46)30-52)54-34-21-17-32(8-2)18-22-34/h7-28,47-48H,1-2H2,3-6H3. The minimum absolute atomic E-state index is 0.156. The maximum atomic E-state index is 10.2. The van der Waals surface area contributed by atoms with E-state index in [1.807, 2.05) is 72.8 Å². The van der Waals surface area contributed by atoms with Crippen LogP contribution in [0.3, 0.4) is 0 Å². The van der Waals surface area contributed by atoms with Gasteiger partial charge in [-0.05, 0) is 117 Å². The normalized spacial score (nSPS) is 16.6. The van der Waals surface area contributed by atoms with E-state index in [2.05, 4.69) is 77.3 Å². The highest BCUT2D eigenvalue weighted by molar-refractivity contribution is 5.63. The lowest BCUT2D eigenvalue weighted by molar-refractivity contribution is 0.348. The summed E-state index contributed by atoms with van der Waals surface area (Å²) in [5.74, 6) is 4.55. The van der Waals surface area contributed by atoms with E-state index in [9.17, 15) is 10.5 Å². The van der Waals surface area contributed by atoms with Gasteiger partial charge in [-0.15, -0.1) is 0 Å². The molecule has 0 N–H and O–H groups in total. The number of hydrogen-bond acceptors (Lipinski definition) is 6. The summed E-state index contributed by atoms with van der Waals surface area (Å²) in [5.41, 5.74) is 7.17. The third-order valence-corrected chi connectivity index (χ3v) is 11.3. The number of nitriles is 2. The van der Waals surface area contributed by atoms with Crippen LogP contribution in [0.5, 0.6) is 46.0 Å². The molecule has 0 aromatic heterocycles. The molecule has 56 heavy (non-hydrogen) atoms. The van der Waals surface area contributed by atoms with Crippen LogP contribution in [0.4, 0.5) is 0 Å². The van der Waals surface area contributed by atoms with Gasteiger partial charge in [-0.3, -0.25) is 0 Å². The average Bonchev–Trinajstić information content (AvgIpc) is 3.59. The molecule has 2 unspecified atom stereocenters. The molecule has 0 spiro atoms. The van der Waals surface area contributed by atoms with Gasteiger partial charge in [0.1, 0.15) is 69.3 Å². The van der Waals surface area contributed by atoms with E-state index < -0.39 is 0 Å². The molecule has 6 nitrogen and oxygen atoms in total. The summed E-state index contributed by atoms with van der Waals surface area (Å²) in [6.45, 7) is 16.8. The molecule has 2 aliphatic carbocycles. The smallest absolute Gasteiger partial charge is 0.149 e. The molecule has 8 rings (SSSR count). The first kappa shape index (κ1) is 36.0. The molecule has 0 radical (unpaired) electrons. The molecule has 6 aromatic carbocycles. The van der Waals surface area contributed by atoms with Crippen molar-refractivity contribution in [3.63, 3.8) is 0 Å². The van der Waals surface area contributed by atoms with Crippen molar-refractivity contribution in [2.24, 2.45) is 0 Å². The van der Waals surface area contributed by atoms with Gasteiger partial charge in [0.05, 0.1) is 0 Å². The lowest BCUT2D eigenvalue weighted by atomic mass is 9.72. The topological polar surface area (TPSA) is 84.5 Å². The predicted octanol–water partition coefficient (Wildman–Crippen LogP) is 13.3. The maximum Gasteiger partial charge on any atom is 0.149 e. The first-order valence-electron chi connectivity index (χ1n) is 18.6. The summed E-state index contributed by atoms with van der Waals surface area (Å²) in [4.78, 5) is 0. The largest absolute Gasteiger partial charge is 0.456 e. The van der Waals surface area contributed by atoms with Crippen molar-refractivity contribution in [2.45, 2.75) is 50.4 Å². The summed E-state index contributed by atoms with van der Waals surface area (Å²) < 4.78 is 25.2. The molecule has 0 saturated carbocycles. The minimum atomic E-state index is -0.209. The Hall–Kier alpha value is -7.02. The second-order valence-electron chi connectivity index (χ2n) is 15.3. The van der Waals surface area contributed by atoms with Gasteiger partial charge in [0.25, 0.3) is 0 Å². The first-order valence-corrected chi connectivity index (χ1v) is 18.6. The van der Waals surface area contributed by atoms with E-state index >= 15 is 0 Å². The van der Waals surface area contributed by atoms with Crippen molar-refractivity contribution in [1.29, 1.82) is 10.5 Å². The van der Waals surface area contributed by atoms with Crippen LogP contribution in [0.1, 0.15) is 84.0 Å². The first-order chi connectivity index (χ1) is 27.0. The van der Waals surface area contributed by atoms with Crippen molar-refractivity contribution >= 4 is 12.2 Å².